The van der Waals surface area contributed by atoms with Crippen LogP contribution in [0.4, 0.5) is 0 Å². The highest BCUT2D eigenvalue weighted by Crippen LogP contribution is 2.15. The zero-order chi connectivity index (χ0) is 11.3. The summed E-state index contributed by atoms with van der Waals surface area (Å²) in [4.78, 5) is 0. The SMILES string of the molecule is CCCC(C)OCc1cc(CN)c(C)o1. The van der Waals surface area contributed by atoms with Crippen LogP contribution >= 0.6 is 0 Å². The van der Waals surface area contributed by atoms with Gasteiger partial charge in [-0.1, -0.05) is 13.3 Å². The Morgan fingerprint density at radius 1 is 1.53 bits per heavy atom. The van der Waals surface area contributed by atoms with E-state index in [4.69, 9.17) is 14.9 Å². The van der Waals surface area contributed by atoms with Gasteiger partial charge in [0.25, 0.3) is 0 Å². The molecule has 1 unspecified atom stereocenters. The van der Waals surface area contributed by atoms with Gasteiger partial charge < -0.3 is 14.9 Å². The predicted molar refractivity (Wildman–Crippen MR) is 60.5 cm³/mol. The summed E-state index contributed by atoms with van der Waals surface area (Å²) in [6.07, 6.45) is 2.53. The minimum absolute atomic E-state index is 0.293. The lowest BCUT2D eigenvalue weighted by Crippen LogP contribution is -2.06. The van der Waals surface area contributed by atoms with Gasteiger partial charge in [0.05, 0.1) is 6.10 Å². The van der Waals surface area contributed by atoms with Crippen LogP contribution in [0.3, 0.4) is 0 Å². The van der Waals surface area contributed by atoms with Crippen LogP contribution in [0.25, 0.3) is 0 Å². The average Bonchev–Trinajstić information content (AvgIpc) is 2.56. The molecule has 3 nitrogen and oxygen atoms in total. The van der Waals surface area contributed by atoms with Crippen molar-refractivity contribution in [2.45, 2.75) is 52.9 Å². The number of nitrogens with two attached hydrogens (primary N) is 1. The molecule has 0 aliphatic rings. The third-order valence-electron chi connectivity index (χ3n) is 2.50. The Labute approximate surface area is 91.6 Å². The molecule has 0 fully saturated rings. The van der Waals surface area contributed by atoms with Crippen molar-refractivity contribution >= 4 is 0 Å². The van der Waals surface area contributed by atoms with Crippen molar-refractivity contribution in [3.63, 3.8) is 0 Å². The molecule has 0 spiro atoms. The second kappa shape index (κ2) is 5.93. The van der Waals surface area contributed by atoms with Crippen molar-refractivity contribution < 1.29 is 9.15 Å². The summed E-state index contributed by atoms with van der Waals surface area (Å²) in [5, 5.41) is 0. The molecule has 0 bridgehead atoms. The molecule has 1 atom stereocenters. The lowest BCUT2D eigenvalue weighted by Gasteiger charge is -2.09. The molecule has 2 N–H and O–H groups in total. The Bertz CT molecular complexity index is 294. The fourth-order valence-electron chi connectivity index (χ4n) is 1.58. The topological polar surface area (TPSA) is 48.4 Å². The van der Waals surface area contributed by atoms with Gasteiger partial charge in [0.1, 0.15) is 18.1 Å². The van der Waals surface area contributed by atoms with Gasteiger partial charge in [-0.15, -0.1) is 0 Å². The van der Waals surface area contributed by atoms with Crippen LogP contribution in [0.1, 0.15) is 43.8 Å². The maximum atomic E-state index is 5.65. The number of hydrogen-bond donors (Lipinski definition) is 1. The molecule has 1 aromatic rings. The number of furan rings is 1. The van der Waals surface area contributed by atoms with Gasteiger partial charge in [-0.2, -0.15) is 0 Å². The van der Waals surface area contributed by atoms with E-state index in [-0.39, 0.29) is 0 Å². The van der Waals surface area contributed by atoms with E-state index in [1.54, 1.807) is 0 Å². The number of hydrogen-bond acceptors (Lipinski definition) is 3. The molecule has 0 aromatic carbocycles. The summed E-state index contributed by atoms with van der Waals surface area (Å²) < 4.78 is 11.2. The van der Waals surface area contributed by atoms with E-state index in [9.17, 15) is 0 Å². The Hall–Kier alpha value is -0.800. The fourth-order valence-corrected chi connectivity index (χ4v) is 1.58. The van der Waals surface area contributed by atoms with Crippen LogP contribution in [0.2, 0.25) is 0 Å². The fraction of sp³-hybridized carbons (Fsp3) is 0.667. The van der Waals surface area contributed by atoms with Gasteiger partial charge in [-0.25, -0.2) is 0 Å². The summed E-state index contributed by atoms with van der Waals surface area (Å²) in [5.41, 5.74) is 6.63. The Morgan fingerprint density at radius 3 is 2.80 bits per heavy atom. The van der Waals surface area contributed by atoms with Crippen molar-refractivity contribution in [3.8, 4) is 0 Å². The van der Waals surface area contributed by atoms with Crippen molar-refractivity contribution in [3.05, 3.63) is 23.2 Å². The second-order valence-electron chi connectivity index (χ2n) is 3.91. The largest absolute Gasteiger partial charge is 0.464 e. The molecule has 86 valence electrons. The van der Waals surface area contributed by atoms with E-state index in [1.165, 1.54) is 0 Å². The summed E-state index contributed by atoms with van der Waals surface area (Å²) >= 11 is 0. The van der Waals surface area contributed by atoms with Crippen molar-refractivity contribution in [2.75, 3.05) is 0 Å². The predicted octanol–water partition coefficient (Wildman–Crippen LogP) is 2.75. The molecule has 15 heavy (non-hydrogen) atoms. The molecular formula is C12H21NO2. The van der Waals surface area contributed by atoms with Crippen LogP contribution in [0.5, 0.6) is 0 Å². The van der Waals surface area contributed by atoms with Crippen LogP contribution in [-0.2, 0) is 17.9 Å². The third kappa shape index (κ3) is 3.68. The summed E-state index contributed by atoms with van der Waals surface area (Å²) in [6.45, 7) is 7.25. The molecule has 0 radical (unpaired) electrons. The molecule has 0 saturated heterocycles. The van der Waals surface area contributed by atoms with Crippen LogP contribution < -0.4 is 5.73 Å². The van der Waals surface area contributed by atoms with Gasteiger partial charge in [-0.05, 0) is 26.3 Å². The number of ether oxygens (including phenoxy) is 1. The molecule has 3 heteroatoms. The molecule has 0 saturated carbocycles. The first-order valence-electron chi connectivity index (χ1n) is 5.57. The van der Waals surface area contributed by atoms with Gasteiger partial charge >= 0.3 is 0 Å². The number of aryl methyl sites for hydroxylation is 1. The van der Waals surface area contributed by atoms with Gasteiger partial charge in [0.15, 0.2) is 0 Å². The highest BCUT2D eigenvalue weighted by molar-refractivity contribution is 5.19. The standard InChI is InChI=1S/C12H21NO2/c1-4-5-9(2)14-8-12-6-11(7-13)10(3)15-12/h6,9H,4-5,7-8,13H2,1-3H3. The summed E-state index contributed by atoms with van der Waals surface area (Å²) in [5.74, 6) is 1.77. The van der Waals surface area contributed by atoms with Crippen LogP contribution in [0, 0.1) is 6.92 Å². The quantitative estimate of drug-likeness (QED) is 0.787. The molecule has 0 amide bonds. The third-order valence-corrected chi connectivity index (χ3v) is 2.50. The van der Waals surface area contributed by atoms with E-state index < -0.39 is 0 Å². The van der Waals surface area contributed by atoms with Crippen LogP contribution in [-0.4, -0.2) is 6.10 Å². The Balaban J connectivity index is 2.43. The summed E-state index contributed by atoms with van der Waals surface area (Å²) in [7, 11) is 0. The lowest BCUT2D eigenvalue weighted by molar-refractivity contribution is 0.0369. The Morgan fingerprint density at radius 2 is 2.27 bits per heavy atom. The van der Waals surface area contributed by atoms with Gasteiger partial charge in [0.2, 0.25) is 0 Å². The van der Waals surface area contributed by atoms with Gasteiger partial charge in [0, 0.05) is 12.1 Å². The van der Waals surface area contributed by atoms with Gasteiger partial charge in [-0.3, -0.25) is 0 Å². The lowest BCUT2D eigenvalue weighted by atomic mass is 10.2. The maximum absolute atomic E-state index is 5.65. The maximum Gasteiger partial charge on any atom is 0.130 e. The molecule has 1 heterocycles. The second-order valence-corrected chi connectivity index (χ2v) is 3.91. The normalized spacial score (nSPS) is 13.1. The van der Waals surface area contributed by atoms with Crippen molar-refractivity contribution in [1.29, 1.82) is 0 Å². The Kier molecular flexibility index (Phi) is 4.85. The highest BCUT2D eigenvalue weighted by Gasteiger charge is 2.07. The highest BCUT2D eigenvalue weighted by atomic mass is 16.5. The molecule has 1 rings (SSSR count). The van der Waals surface area contributed by atoms with E-state index in [2.05, 4.69) is 13.8 Å². The minimum atomic E-state index is 0.293. The van der Waals surface area contributed by atoms with Crippen molar-refractivity contribution in [2.24, 2.45) is 5.73 Å². The van der Waals surface area contributed by atoms with E-state index in [0.717, 1.165) is 29.9 Å². The monoisotopic (exact) mass is 211 g/mol. The first-order valence-corrected chi connectivity index (χ1v) is 5.57. The van der Waals surface area contributed by atoms with E-state index in [0.29, 0.717) is 19.3 Å². The minimum Gasteiger partial charge on any atom is -0.464 e. The first-order chi connectivity index (χ1) is 7.17. The van der Waals surface area contributed by atoms with Crippen LogP contribution in [0.15, 0.2) is 10.5 Å². The first kappa shape index (κ1) is 12.3. The molecular weight excluding hydrogens is 190 g/mol. The summed E-state index contributed by atoms with van der Waals surface area (Å²) in [6, 6.07) is 1.98. The van der Waals surface area contributed by atoms with E-state index >= 15 is 0 Å². The zero-order valence-corrected chi connectivity index (χ0v) is 9.88. The van der Waals surface area contributed by atoms with Crippen molar-refractivity contribution in [1.82, 2.24) is 0 Å². The molecule has 0 aliphatic heterocycles. The average molecular weight is 211 g/mol. The smallest absolute Gasteiger partial charge is 0.130 e. The molecule has 0 aliphatic carbocycles. The molecule has 1 aromatic heterocycles. The number of rotatable bonds is 6. The zero-order valence-electron chi connectivity index (χ0n) is 9.88. The van der Waals surface area contributed by atoms with E-state index in [1.807, 2.05) is 13.0 Å².